The van der Waals surface area contributed by atoms with Crippen LogP contribution in [0, 0.1) is 0 Å². The van der Waals surface area contributed by atoms with Gasteiger partial charge >= 0.3 is 6.18 Å². The summed E-state index contributed by atoms with van der Waals surface area (Å²) in [6, 6.07) is 8.31. The summed E-state index contributed by atoms with van der Waals surface area (Å²) in [5, 5.41) is 10.8. The fraction of sp³-hybridized carbons (Fsp3) is 0.278. The molecule has 0 saturated carbocycles. The number of fused-ring (bicyclic) bond motifs is 2. The molecule has 1 aliphatic carbocycles. The Labute approximate surface area is 152 Å². The highest BCUT2D eigenvalue weighted by Gasteiger charge is 2.31. The molecule has 9 heteroatoms. The molecule has 4 rings (SSSR count). The largest absolute Gasteiger partial charge is 0.417 e. The fourth-order valence-corrected chi connectivity index (χ4v) is 3.21. The number of guanidine groups is 1. The lowest BCUT2D eigenvalue weighted by molar-refractivity contribution is -0.137. The average molecular weight is 374 g/mol. The van der Waals surface area contributed by atoms with Crippen molar-refractivity contribution in [1.82, 2.24) is 14.6 Å². The van der Waals surface area contributed by atoms with Crippen LogP contribution in [0.2, 0.25) is 0 Å². The smallest absolute Gasteiger partial charge is 0.370 e. The van der Waals surface area contributed by atoms with E-state index in [9.17, 15) is 13.2 Å². The third-order valence-electron chi connectivity index (χ3n) is 4.56. The maximum atomic E-state index is 12.9. The van der Waals surface area contributed by atoms with Gasteiger partial charge in [0.2, 0.25) is 0 Å². The molecular weight excluding hydrogens is 357 g/mol. The minimum absolute atomic E-state index is 0.00620. The lowest BCUT2D eigenvalue weighted by Crippen LogP contribution is -2.22. The number of nitrogens with zero attached hydrogens (tertiary/aromatic N) is 4. The molecule has 140 valence electrons. The summed E-state index contributed by atoms with van der Waals surface area (Å²) < 4.78 is 40.0. The van der Waals surface area contributed by atoms with E-state index in [1.165, 1.54) is 21.6 Å². The number of aromatic nitrogens is 3. The summed E-state index contributed by atoms with van der Waals surface area (Å²) in [4.78, 5) is 4.18. The molecule has 0 atom stereocenters. The summed E-state index contributed by atoms with van der Waals surface area (Å²) >= 11 is 0. The van der Waals surface area contributed by atoms with E-state index >= 15 is 0 Å². The lowest BCUT2D eigenvalue weighted by Gasteiger charge is -2.08. The predicted octanol–water partition coefficient (Wildman–Crippen LogP) is 3.16. The van der Waals surface area contributed by atoms with E-state index in [0.29, 0.717) is 5.65 Å². The normalized spacial score (nSPS) is 14.6. The van der Waals surface area contributed by atoms with Gasteiger partial charge in [0.25, 0.3) is 0 Å². The number of aryl methyl sites for hydroxylation is 2. The van der Waals surface area contributed by atoms with E-state index in [1.807, 2.05) is 12.1 Å². The number of benzene rings is 1. The van der Waals surface area contributed by atoms with Crippen LogP contribution < -0.4 is 11.1 Å². The molecule has 0 amide bonds. The summed E-state index contributed by atoms with van der Waals surface area (Å²) in [7, 11) is 0. The molecule has 1 aliphatic rings. The Kier molecular flexibility index (Phi) is 4.21. The first-order valence-electron chi connectivity index (χ1n) is 8.50. The number of hydrogen-bond acceptors (Lipinski definition) is 3. The minimum atomic E-state index is -4.44. The monoisotopic (exact) mass is 374 g/mol. The van der Waals surface area contributed by atoms with Crippen LogP contribution in [0.1, 0.15) is 28.9 Å². The Morgan fingerprint density at radius 1 is 1.15 bits per heavy atom. The van der Waals surface area contributed by atoms with Gasteiger partial charge in [0.15, 0.2) is 17.4 Å². The SMILES string of the molecule is NC(=NCc1nnc2ccc(C(F)(F)F)cn12)Nc1ccc2c(c1)CCC2. The van der Waals surface area contributed by atoms with Crippen LogP contribution >= 0.6 is 0 Å². The van der Waals surface area contributed by atoms with Crippen LogP contribution in [0.3, 0.4) is 0 Å². The van der Waals surface area contributed by atoms with Gasteiger partial charge < -0.3 is 11.1 Å². The van der Waals surface area contributed by atoms with Gasteiger partial charge in [0.05, 0.1) is 5.56 Å². The fourth-order valence-electron chi connectivity index (χ4n) is 3.21. The Morgan fingerprint density at radius 2 is 1.96 bits per heavy atom. The van der Waals surface area contributed by atoms with Crippen LogP contribution in [-0.4, -0.2) is 20.6 Å². The van der Waals surface area contributed by atoms with Gasteiger partial charge in [-0.05, 0) is 54.7 Å². The highest BCUT2D eigenvalue weighted by atomic mass is 19.4. The molecule has 0 bridgehead atoms. The first-order valence-corrected chi connectivity index (χ1v) is 8.50. The second-order valence-corrected chi connectivity index (χ2v) is 6.42. The summed E-state index contributed by atoms with van der Waals surface area (Å²) in [6.45, 7) is 0.00620. The Hall–Kier alpha value is -3.10. The van der Waals surface area contributed by atoms with E-state index in [4.69, 9.17) is 5.73 Å². The summed E-state index contributed by atoms with van der Waals surface area (Å²) in [5.41, 5.74) is 8.95. The van der Waals surface area contributed by atoms with Gasteiger partial charge in [-0.15, -0.1) is 10.2 Å². The van der Waals surface area contributed by atoms with Gasteiger partial charge in [-0.25, -0.2) is 4.99 Å². The van der Waals surface area contributed by atoms with Crippen molar-refractivity contribution < 1.29 is 13.2 Å². The standard InChI is InChI=1S/C18H17F3N6/c19-18(20,21)13-5-7-15-25-26-16(27(15)10-13)9-23-17(22)24-14-6-4-11-2-1-3-12(11)8-14/h4-8,10H,1-3,9H2,(H3,22,23,24). The molecule has 2 aromatic heterocycles. The van der Waals surface area contributed by atoms with Crippen molar-refractivity contribution in [2.24, 2.45) is 10.7 Å². The summed E-state index contributed by atoms with van der Waals surface area (Å²) in [6.07, 6.45) is -0.173. The van der Waals surface area contributed by atoms with Crippen molar-refractivity contribution in [3.8, 4) is 0 Å². The van der Waals surface area contributed by atoms with Crippen molar-refractivity contribution in [3.05, 3.63) is 59.0 Å². The molecular formula is C18H17F3N6. The van der Waals surface area contributed by atoms with Crippen molar-refractivity contribution >= 4 is 17.3 Å². The number of hydrogen-bond donors (Lipinski definition) is 2. The molecule has 3 aromatic rings. The number of nitrogens with two attached hydrogens (primary N) is 1. The molecule has 1 aromatic carbocycles. The molecule has 3 N–H and O–H groups in total. The maximum Gasteiger partial charge on any atom is 0.417 e. The highest BCUT2D eigenvalue weighted by molar-refractivity contribution is 5.92. The maximum absolute atomic E-state index is 12.9. The zero-order valence-corrected chi connectivity index (χ0v) is 14.3. The second kappa shape index (κ2) is 6.57. The first-order chi connectivity index (χ1) is 12.9. The Balaban J connectivity index is 1.51. The highest BCUT2D eigenvalue weighted by Crippen LogP contribution is 2.29. The van der Waals surface area contributed by atoms with E-state index in [0.717, 1.165) is 37.2 Å². The van der Waals surface area contributed by atoms with Crippen LogP contribution in [0.15, 0.2) is 41.5 Å². The quantitative estimate of drug-likeness (QED) is 0.545. The van der Waals surface area contributed by atoms with E-state index < -0.39 is 11.7 Å². The van der Waals surface area contributed by atoms with E-state index in [-0.39, 0.29) is 18.3 Å². The number of aliphatic imine (C=N–C) groups is 1. The first kappa shape index (κ1) is 17.3. The summed E-state index contributed by atoms with van der Waals surface area (Å²) in [5.74, 6) is 0.437. The Morgan fingerprint density at radius 3 is 2.78 bits per heavy atom. The number of halogens is 3. The molecule has 2 heterocycles. The van der Waals surface area contributed by atoms with Crippen LogP contribution in [0.5, 0.6) is 0 Å². The van der Waals surface area contributed by atoms with Crippen LogP contribution in [-0.2, 0) is 25.6 Å². The third-order valence-corrected chi connectivity index (χ3v) is 4.56. The zero-order chi connectivity index (χ0) is 19.0. The molecule has 27 heavy (non-hydrogen) atoms. The number of pyridine rings is 1. The predicted molar refractivity (Wildman–Crippen MR) is 95.4 cm³/mol. The van der Waals surface area contributed by atoms with Crippen LogP contribution in [0.25, 0.3) is 5.65 Å². The van der Waals surface area contributed by atoms with Gasteiger partial charge in [-0.1, -0.05) is 6.07 Å². The van der Waals surface area contributed by atoms with Crippen molar-refractivity contribution in [3.63, 3.8) is 0 Å². The molecule has 6 nitrogen and oxygen atoms in total. The molecule has 0 aliphatic heterocycles. The molecule has 0 saturated heterocycles. The molecule has 0 fully saturated rings. The number of rotatable bonds is 3. The average Bonchev–Trinajstić information content (AvgIpc) is 3.25. The van der Waals surface area contributed by atoms with Gasteiger partial charge in [-0.2, -0.15) is 13.2 Å². The minimum Gasteiger partial charge on any atom is -0.370 e. The zero-order valence-electron chi connectivity index (χ0n) is 14.3. The Bertz CT molecular complexity index is 1020. The number of alkyl halides is 3. The number of anilines is 1. The molecule has 0 unspecified atom stereocenters. The van der Waals surface area contributed by atoms with Crippen molar-refractivity contribution in [1.29, 1.82) is 0 Å². The van der Waals surface area contributed by atoms with Gasteiger partial charge in [0, 0.05) is 11.9 Å². The lowest BCUT2D eigenvalue weighted by atomic mass is 10.1. The van der Waals surface area contributed by atoms with Crippen LogP contribution in [0.4, 0.5) is 18.9 Å². The number of nitrogens with one attached hydrogen (secondary N) is 1. The van der Waals surface area contributed by atoms with Gasteiger partial charge in [-0.3, -0.25) is 4.40 Å². The topological polar surface area (TPSA) is 80.6 Å². The third kappa shape index (κ3) is 3.57. The molecule has 0 spiro atoms. The van der Waals surface area contributed by atoms with Crippen molar-refractivity contribution in [2.75, 3.05) is 5.32 Å². The van der Waals surface area contributed by atoms with Crippen molar-refractivity contribution in [2.45, 2.75) is 32.0 Å². The molecule has 0 radical (unpaired) electrons. The van der Waals surface area contributed by atoms with Gasteiger partial charge in [0.1, 0.15) is 6.54 Å². The van der Waals surface area contributed by atoms with E-state index in [1.54, 1.807) is 0 Å². The second-order valence-electron chi connectivity index (χ2n) is 6.42. The van der Waals surface area contributed by atoms with E-state index in [2.05, 4.69) is 26.6 Å².